The highest BCUT2D eigenvalue weighted by Crippen LogP contribution is 2.19. The van der Waals surface area contributed by atoms with E-state index < -0.39 is 5.97 Å². The zero-order valence-corrected chi connectivity index (χ0v) is 17.2. The maximum absolute atomic E-state index is 11.0. The fourth-order valence-corrected chi connectivity index (χ4v) is 3.42. The number of carboxylic acids is 1. The molecule has 0 aliphatic carbocycles. The fourth-order valence-electron chi connectivity index (χ4n) is 3.42. The molecule has 0 spiro atoms. The second-order valence-electron chi connectivity index (χ2n) is 7.59. The number of carboxylic acid groups (broad SMARTS) is 1. The van der Waals surface area contributed by atoms with Crippen LogP contribution in [0.1, 0.15) is 129 Å². The lowest BCUT2D eigenvalue weighted by Crippen LogP contribution is -1.94. The third-order valence-corrected chi connectivity index (χ3v) is 5.03. The Morgan fingerprint density at radius 1 is 0.600 bits per heavy atom. The van der Waals surface area contributed by atoms with E-state index in [2.05, 4.69) is 13.8 Å². The van der Waals surface area contributed by atoms with Crippen LogP contribution in [-0.2, 0) is 4.79 Å². The van der Waals surface area contributed by atoms with Gasteiger partial charge in [-0.25, -0.2) is 4.79 Å². The fraction of sp³-hybridized carbons (Fsp3) is 0.870. The van der Waals surface area contributed by atoms with Crippen LogP contribution in [0.4, 0.5) is 0 Å². The first kappa shape index (κ1) is 24.2. The second kappa shape index (κ2) is 19.5. The zero-order chi connectivity index (χ0) is 18.6. The first-order valence-electron chi connectivity index (χ1n) is 11.1. The molecule has 2 nitrogen and oxygen atoms in total. The van der Waals surface area contributed by atoms with Crippen LogP contribution >= 0.6 is 0 Å². The van der Waals surface area contributed by atoms with Crippen molar-refractivity contribution in [2.24, 2.45) is 0 Å². The summed E-state index contributed by atoms with van der Waals surface area (Å²) in [6, 6.07) is 0. The number of carbonyl (C=O) groups is 1. The summed E-state index contributed by atoms with van der Waals surface area (Å²) in [5, 5.41) is 9.05. The van der Waals surface area contributed by atoms with E-state index in [1.54, 1.807) is 0 Å². The molecule has 0 aromatic heterocycles. The molecule has 0 bridgehead atoms. The number of aliphatic carboxylic acids is 1. The van der Waals surface area contributed by atoms with E-state index in [9.17, 15) is 4.79 Å². The van der Waals surface area contributed by atoms with E-state index >= 15 is 0 Å². The summed E-state index contributed by atoms with van der Waals surface area (Å²) in [5.74, 6) is -0.769. The topological polar surface area (TPSA) is 37.3 Å². The van der Waals surface area contributed by atoms with E-state index in [0.717, 1.165) is 31.3 Å². The average molecular weight is 353 g/mol. The molecule has 25 heavy (non-hydrogen) atoms. The molecule has 0 saturated heterocycles. The van der Waals surface area contributed by atoms with E-state index in [0.29, 0.717) is 0 Å². The van der Waals surface area contributed by atoms with Gasteiger partial charge < -0.3 is 5.11 Å². The molecule has 0 aromatic carbocycles. The van der Waals surface area contributed by atoms with Crippen molar-refractivity contribution in [3.63, 3.8) is 0 Å². The van der Waals surface area contributed by atoms with Crippen LogP contribution in [0.25, 0.3) is 0 Å². The molecule has 0 unspecified atom stereocenters. The first-order valence-corrected chi connectivity index (χ1v) is 11.1. The summed E-state index contributed by atoms with van der Waals surface area (Å²) < 4.78 is 0. The van der Waals surface area contributed by atoms with Crippen LogP contribution in [0, 0.1) is 0 Å². The van der Waals surface area contributed by atoms with E-state index in [1.165, 1.54) is 96.0 Å². The average Bonchev–Trinajstić information content (AvgIpc) is 2.58. The highest BCUT2D eigenvalue weighted by molar-refractivity contribution is 5.80. The van der Waals surface area contributed by atoms with Crippen LogP contribution in [0.3, 0.4) is 0 Å². The first-order chi connectivity index (χ1) is 12.2. The molecule has 0 saturated carbocycles. The lowest BCUT2D eigenvalue weighted by molar-refractivity contribution is -0.131. The van der Waals surface area contributed by atoms with Crippen molar-refractivity contribution in [2.75, 3.05) is 0 Å². The summed E-state index contributed by atoms with van der Waals surface area (Å²) in [6.45, 7) is 4.51. The van der Waals surface area contributed by atoms with E-state index in [-0.39, 0.29) is 0 Å². The Labute approximate surface area is 157 Å². The molecule has 2 heteroatoms. The van der Waals surface area contributed by atoms with Gasteiger partial charge in [-0.3, -0.25) is 0 Å². The lowest BCUT2D eigenvalue weighted by Gasteiger charge is -2.07. The number of hydrogen-bond donors (Lipinski definition) is 1. The predicted molar refractivity (Wildman–Crippen MR) is 110 cm³/mol. The second-order valence-corrected chi connectivity index (χ2v) is 7.59. The molecule has 0 aliphatic heterocycles. The molecule has 1 N–H and O–H groups in total. The minimum absolute atomic E-state index is 0.769. The van der Waals surface area contributed by atoms with Crippen LogP contribution in [0.2, 0.25) is 0 Å². The molecule has 0 aliphatic rings. The minimum Gasteiger partial charge on any atom is -0.478 e. The standard InChI is InChI=1S/C23H44O2/c1-3-5-7-9-11-13-15-17-19-22(21-23(24)25)20-18-16-14-12-10-8-6-4-2/h21H,3-20H2,1-2H3,(H,24,25). The van der Waals surface area contributed by atoms with E-state index in [1.807, 2.05) is 0 Å². The van der Waals surface area contributed by atoms with Gasteiger partial charge in [-0.1, -0.05) is 109 Å². The molecule has 0 heterocycles. The third kappa shape index (κ3) is 19.4. The van der Waals surface area contributed by atoms with Crippen molar-refractivity contribution in [3.8, 4) is 0 Å². The predicted octanol–water partition coefficient (Wildman–Crippen LogP) is 8.06. The largest absolute Gasteiger partial charge is 0.478 e. The maximum Gasteiger partial charge on any atom is 0.328 e. The van der Waals surface area contributed by atoms with E-state index in [4.69, 9.17) is 5.11 Å². The van der Waals surface area contributed by atoms with Crippen LogP contribution < -0.4 is 0 Å². The molecule has 0 aromatic rings. The summed E-state index contributed by atoms with van der Waals surface area (Å²) in [4.78, 5) is 11.0. The lowest BCUT2D eigenvalue weighted by atomic mass is 9.99. The number of unbranched alkanes of at least 4 members (excludes halogenated alkanes) is 14. The molecule has 0 rings (SSSR count). The van der Waals surface area contributed by atoms with Gasteiger partial charge in [-0.05, 0) is 25.7 Å². The molecular formula is C23H44O2. The van der Waals surface area contributed by atoms with Gasteiger partial charge in [-0.2, -0.15) is 0 Å². The van der Waals surface area contributed by atoms with Crippen molar-refractivity contribution >= 4 is 5.97 Å². The maximum atomic E-state index is 11.0. The SMILES string of the molecule is CCCCCCCCCCC(=CC(=O)O)CCCCCCCCCC. The molecule has 148 valence electrons. The van der Waals surface area contributed by atoms with Gasteiger partial charge in [-0.15, -0.1) is 0 Å². The van der Waals surface area contributed by atoms with Gasteiger partial charge in [0.2, 0.25) is 0 Å². The van der Waals surface area contributed by atoms with Gasteiger partial charge in [0.05, 0.1) is 0 Å². The summed E-state index contributed by atoms with van der Waals surface area (Å²) in [7, 11) is 0. The van der Waals surface area contributed by atoms with Crippen molar-refractivity contribution in [1.82, 2.24) is 0 Å². The monoisotopic (exact) mass is 352 g/mol. The Hall–Kier alpha value is -0.790. The Bertz CT molecular complexity index is 298. The van der Waals surface area contributed by atoms with Crippen LogP contribution in [-0.4, -0.2) is 11.1 Å². The third-order valence-electron chi connectivity index (χ3n) is 5.03. The normalized spacial score (nSPS) is 10.8. The Balaban J connectivity index is 3.68. The van der Waals surface area contributed by atoms with Gasteiger partial charge in [0.25, 0.3) is 0 Å². The number of hydrogen-bond acceptors (Lipinski definition) is 1. The Kier molecular flexibility index (Phi) is 18.9. The molecular weight excluding hydrogens is 308 g/mol. The van der Waals surface area contributed by atoms with Gasteiger partial charge in [0, 0.05) is 6.08 Å². The Morgan fingerprint density at radius 2 is 0.920 bits per heavy atom. The highest BCUT2D eigenvalue weighted by atomic mass is 16.4. The van der Waals surface area contributed by atoms with Crippen molar-refractivity contribution in [2.45, 2.75) is 129 Å². The smallest absolute Gasteiger partial charge is 0.328 e. The van der Waals surface area contributed by atoms with Gasteiger partial charge >= 0.3 is 5.97 Å². The van der Waals surface area contributed by atoms with Crippen molar-refractivity contribution in [3.05, 3.63) is 11.6 Å². The summed E-state index contributed by atoms with van der Waals surface area (Å²) in [5.41, 5.74) is 1.16. The van der Waals surface area contributed by atoms with Crippen LogP contribution in [0.5, 0.6) is 0 Å². The molecule has 0 fully saturated rings. The quantitative estimate of drug-likeness (QED) is 0.188. The highest BCUT2D eigenvalue weighted by Gasteiger charge is 2.02. The number of rotatable bonds is 19. The summed E-state index contributed by atoms with van der Waals surface area (Å²) in [6.07, 6.45) is 24.4. The molecule has 0 atom stereocenters. The molecule has 0 amide bonds. The Morgan fingerprint density at radius 3 is 1.24 bits per heavy atom. The van der Waals surface area contributed by atoms with Crippen LogP contribution in [0.15, 0.2) is 11.6 Å². The van der Waals surface area contributed by atoms with Crippen molar-refractivity contribution < 1.29 is 9.90 Å². The minimum atomic E-state index is -0.769. The van der Waals surface area contributed by atoms with Crippen molar-refractivity contribution in [1.29, 1.82) is 0 Å². The molecule has 0 radical (unpaired) electrons. The summed E-state index contributed by atoms with van der Waals surface area (Å²) >= 11 is 0. The van der Waals surface area contributed by atoms with Gasteiger partial charge in [0.1, 0.15) is 0 Å². The van der Waals surface area contributed by atoms with Gasteiger partial charge in [0.15, 0.2) is 0 Å². The zero-order valence-electron chi connectivity index (χ0n) is 17.2. The number of allylic oxidation sites excluding steroid dienone is 1.